The minimum Gasteiger partial charge on any atom is -0.508 e. The molecule has 1 N–H and O–H groups in total. The average Bonchev–Trinajstić information content (AvgIpc) is 2.46. The Kier molecular flexibility index (Phi) is 5.62. The fourth-order valence-corrected chi connectivity index (χ4v) is 2.84. The Bertz CT molecular complexity index is 475. The maximum Gasteiger partial charge on any atom is 0.248 e. The van der Waals surface area contributed by atoms with Crippen molar-refractivity contribution in [2.75, 3.05) is 13.7 Å². The summed E-state index contributed by atoms with van der Waals surface area (Å²) in [7, 11) is 1.76. The van der Waals surface area contributed by atoms with Crippen LogP contribution in [-0.4, -0.2) is 35.7 Å². The number of likely N-dealkylation sites (N-methyl/N-ethyl adjacent to an activating group) is 1. The molecule has 1 aliphatic rings. The number of ether oxygens (including phenoxy) is 1. The third kappa shape index (κ3) is 4.74. The van der Waals surface area contributed by atoms with Crippen LogP contribution in [0.1, 0.15) is 38.2 Å². The standard InChI is InChI=1S/C17H25NO3/c1-13-6-3-4-9-16(13)21-12-17(20)18(2)11-14-7-5-8-15(19)10-14/h5,7-8,10,13,16,19H,3-4,6,9,11-12H2,1-2H3/t13-,16+/m1/s1. The summed E-state index contributed by atoms with van der Waals surface area (Å²) in [5.41, 5.74) is 0.914. The normalized spacial score (nSPS) is 22.0. The van der Waals surface area contributed by atoms with Crippen LogP contribution >= 0.6 is 0 Å². The molecular formula is C17H25NO3. The zero-order chi connectivity index (χ0) is 15.2. The Balaban J connectivity index is 1.79. The first-order chi connectivity index (χ1) is 10.1. The minimum atomic E-state index is -0.0175. The van der Waals surface area contributed by atoms with Gasteiger partial charge in [0.05, 0.1) is 6.10 Å². The summed E-state index contributed by atoms with van der Waals surface area (Å²) >= 11 is 0. The van der Waals surface area contributed by atoms with Crippen LogP contribution in [0.5, 0.6) is 5.75 Å². The third-order valence-electron chi connectivity index (χ3n) is 4.21. The van der Waals surface area contributed by atoms with Crippen molar-refractivity contribution in [3.8, 4) is 5.75 Å². The van der Waals surface area contributed by atoms with Gasteiger partial charge in [0.25, 0.3) is 0 Å². The molecule has 4 nitrogen and oxygen atoms in total. The van der Waals surface area contributed by atoms with E-state index in [0.717, 1.165) is 12.0 Å². The molecule has 0 radical (unpaired) electrons. The van der Waals surface area contributed by atoms with Gasteiger partial charge in [-0.2, -0.15) is 0 Å². The highest BCUT2D eigenvalue weighted by Crippen LogP contribution is 2.26. The molecule has 1 aromatic rings. The number of carbonyl (C=O) groups is 1. The van der Waals surface area contributed by atoms with Crippen LogP contribution in [0.25, 0.3) is 0 Å². The highest BCUT2D eigenvalue weighted by Gasteiger charge is 2.23. The van der Waals surface area contributed by atoms with E-state index in [1.165, 1.54) is 19.3 Å². The first kappa shape index (κ1) is 15.8. The molecule has 1 aromatic carbocycles. The van der Waals surface area contributed by atoms with Gasteiger partial charge in [-0.05, 0) is 36.5 Å². The van der Waals surface area contributed by atoms with Gasteiger partial charge in [0.15, 0.2) is 0 Å². The number of carbonyl (C=O) groups excluding carboxylic acids is 1. The van der Waals surface area contributed by atoms with Gasteiger partial charge in [0, 0.05) is 13.6 Å². The number of hydrogen-bond acceptors (Lipinski definition) is 3. The molecule has 21 heavy (non-hydrogen) atoms. The topological polar surface area (TPSA) is 49.8 Å². The molecule has 1 amide bonds. The van der Waals surface area contributed by atoms with Crippen molar-refractivity contribution in [2.45, 2.75) is 45.3 Å². The Labute approximate surface area is 126 Å². The Hall–Kier alpha value is -1.55. The van der Waals surface area contributed by atoms with E-state index in [0.29, 0.717) is 12.5 Å². The zero-order valence-corrected chi connectivity index (χ0v) is 12.9. The predicted octanol–water partition coefficient (Wildman–Crippen LogP) is 2.95. The number of phenols is 1. The van der Waals surface area contributed by atoms with E-state index in [4.69, 9.17) is 4.74 Å². The van der Waals surface area contributed by atoms with E-state index < -0.39 is 0 Å². The number of benzene rings is 1. The van der Waals surface area contributed by atoms with Crippen LogP contribution in [-0.2, 0) is 16.1 Å². The summed E-state index contributed by atoms with van der Waals surface area (Å²) in [4.78, 5) is 13.8. The van der Waals surface area contributed by atoms with Gasteiger partial charge in [-0.3, -0.25) is 4.79 Å². The summed E-state index contributed by atoms with van der Waals surface area (Å²) < 4.78 is 5.80. The van der Waals surface area contributed by atoms with E-state index in [1.807, 2.05) is 6.07 Å². The first-order valence-electron chi connectivity index (χ1n) is 7.69. The van der Waals surface area contributed by atoms with Gasteiger partial charge in [0.1, 0.15) is 12.4 Å². The smallest absolute Gasteiger partial charge is 0.248 e. The Morgan fingerprint density at radius 1 is 1.38 bits per heavy atom. The maximum atomic E-state index is 12.1. The lowest BCUT2D eigenvalue weighted by molar-refractivity contribution is -0.139. The van der Waals surface area contributed by atoms with Crippen molar-refractivity contribution in [1.29, 1.82) is 0 Å². The highest BCUT2D eigenvalue weighted by molar-refractivity contribution is 5.77. The third-order valence-corrected chi connectivity index (χ3v) is 4.21. The molecule has 0 spiro atoms. The van der Waals surface area contributed by atoms with E-state index >= 15 is 0 Å². The molecule has 0 heterocycles. The molecule has 2 atom stereocenters. The van der Waals surface area contributed by atoms with Gasteiger partial charge in [0.2, 0.25) is 5.91 Å². The summed E-state index contributed by atoms with van der Waals surface area (Å²) in [5.74, 6) is 0.750. The number of amides is 1. The van der Waals surface area contributed by atoms with Gasteiger partial charge in [-0.25, -0.2) is 0 Å². The molecule has 4 heteroatoms. The first-order valence-corrected chi connectivity index (χ1v) is 7.69. The molecular weight excluding hydrogens is 266 g/mol. The van der Waals surface area contributed by atoms with Crippen LogP contribution in [0.2, 0.25) is 0 Å². The van der Waals surface area contributed by atoms with Crippen molar-refractivity contribution in [3.63, 3.8) is 0 Å². The largest absolute Gasteiger partial charge is 0.508 e. The summed E-state index contributed by atoms with van der Waals surface area (Å²) in [6, 6.07) is 6.98. The Morgan fingerprint density at radius 3 is 2.86 bits per heavy atom. The predicted molar refractivity (Wildman–Crippen MR) is 82.0 cm³/mol. The highest BCUT2D eigenvalue weighted by atomic mass is 16.5. The van der Waals surface area contributed by atoms with Crippen LogP contribution in [0.4, 0.5) is 0 Å². The number of aromatic hydroxyl groups is 1. The number of hydrogen-bond donors (Lipinski definition) is 1. The van der Waals surface area contributed by atoms with Crippen LogP contribution < -0.4 is 0 Å². The summed E-state index contributed by atoms with van der Waals surface area (Å²) in [6.45, 7) is 2.83. The lowest BCUT2D eigenvalue weighted by Crippen LogP contribution is -2.34. The van der Waals surface area contributed by atoms with Gasteiger partial charge in [-0.15, -0.1) is 0 Å². The van der Waals surface area contributed by atoms with Gasteiger partial charge in [-0.1, -0.05) is 31.9 Å². The van der Waals surface area contributed by atoms with Crippen molar-refractivity contribution < 1.29 is 14.6 Å². The summed E-state index contributed by atoms with van der Waals surface area (Å²) in [6.07, 6.45) is 4.94. The van der Waals surface area contributed by atoms with Crippen LogP contribution in [0.3, 0.4) is 0 Å². The van der Waals surface area contributed by atoms with E-state index in [-0.39, 0.29) is 24.4 Å². The van der Waals surface area contributed by atoms with Crippen LogP contribution in [0, 0.1) is 5.92 Å². The van der Waals surface area contributed by atoms with Crippen molar-refractivity contribution >= 4 is 5.91 Å². The molecule has 2 rings (SSSR count). The molecule has 0 aliphatic heterocycles. The van der Waals surface area contributed by atoms with Crippen molar-refractivity contribution in [1.82, 2.24) is 4.90 Å². The van der Waals surface area contributed by atoms with E-state index in [2.05, 4.69) is 6.92 Å². The molecule has 116 valence electrons. The lowest BCUT2D eigenvalue weighted by atomic mass is 9.88. The number of nitrogens with zero attached hydrogens (tertiary/aromatic N) is 1. The second kappa shape index (κ2) is 7.46. The van der Waals surface area contributed by atoms with Gasteiger partial charge < -0.3 is 14.7 Å². The second-order valence-electron chi connectivity index (χ2n) is 6.03. The number of rotatable bonds is 5. The SMILES string of the molecule is C[C@@H]1CCCC[C@@H]1OCC(=O)N(C)Cc1cccc(O)c1. The molecule has 0 aromatic heterocycles. The molecule has 1 saturated carbocycles. The number of phenolic OH excluding ortho intramolecular Hbond substituents is 1. The zero-order valence-electron chi connectivity index (χ0n) is 12.9. The molecule has 0 bridgehead atoms. The summed E-state index contributed by atoms with van der Waals surface area (Å²) in [5, 5.41) is 9.44. The molecule has 1 aliphatic carbocycles. The monoisotopic (exact) mass is 291 g/mol. The quantitative estimate of drug-likeness (QED) is 0.907. The van der Waals surface area contributed by atoms with Gasteiger partial charge >= 0.3 is 0 Å². The molecule has 1 fully saturated rings. The molecule has 0 saturated heterocycles. The van der Waals surface area contributed by atoms with Crippen LogP contribution in [0.15, 0.2) is 24.3 Å². The van der Waals surface area contributed by atoms with Crippen molar-refractivity contribution in [3.05, 3.63) is 29.8 Å². The van der Waals surface area contributed by atoms with E-state index in [9.17, 15) is 9.90 Å². The maximum absolute atomic E-state index is 12.1. The second-order valence-corrected chi connectivity index (χ2v) is 6.03. The lowest BCUT2D eigenvalue weighted by Gasteiger charge is -2.29. The fraction of sp³-hybridized carbons (Fsp3) is 0.588. The average molecular weight is 291 g/mol. The van der Waals surface area contributed by atoms with E-state index in [1.54, 1.807) is 30.1 Å². The Morgan fingerprint density at radius 2 is 2.14 bits per heavy atom. The minimum absolute atomic E-state index is 0.0175. The fourth-order valence-electron chi connectivity index (χ4n) is 2.84. The van der Waals surface area contributed by atoms with Crippen molar-refractivity contribution in [2.24, 2.45) is 5.92 Å². The molecule has 0 unspecified atom stereocenters.